The van der Waals surface area contributed by atoms with E-state index in [1.54, 1.807) is 43.5 Å². The Morgan fingerprint density at radius 2 is 1.64 bits per heavy atom. The van der Waals surface area contributed by atoms with E-state index in [1.807, 2.05) is 54.6 Å². The molecule has 2 unspecified atom stereocenters. The lowest BCUT2D eigenvalue weighted by atomic mass is 9.83. The maximum absolute atomic E-state index is 14.0. The van der Waals surface area contributed by atoms with Gasteiger partial charge in [0, 0.05) is 26.9 Å². The molecule has 0 aliphatic carbocycles. The summed E-state index contributed by atoms with van der Waals surface area (Å²) in [5.41, 5.74) is 1.85. The summed E-state index contributed by atoms with van der Waals surface area (Å²) in [6.07, 6.45) is 0. The largest absolute Gasteiger partial charge is 0.497 e. The van der Waals surface area contributed by atoms with Gasteiger partial charge in [-0.05, 0) is 53.4 Å². The highest BCUT2D eigenvalue weighted by molar-refractivity contribution is 8.00. The van der Waals surface area contributed by atoms with Gasteiger partial charge in [0.1, 0.15) is 17.5 Å². The van der Waals surface area contributed by atoms with Crippen molar-refractivity contribution in [2.45, 2.75) is 22.7 Å². The Morgan fingerprint density at radius 1 is 0.909 bits per heavy atom. The number of rotatable bonds is 6. The fraction of sp³-hybridized carbons (Fsp3) is 0.152. The van der Waals surface area contributed by atoms with Gasteiger partial charge in [-0.15, -0.1) is 0 Å². The monoisotopic (exact) mass is 641 g/mol. The number of nitrogens with one attached hydrogen (secondary N) is 1. The minimum absolute atomic E-state index is 0.239. The van der Waals surface area contributed by atoms with Crippen LogP contribution in [-0.4, -0.2) is 34.6 Å². The van der Waals surface area contributed by atoms with Crippen LogP contribution in [0, 0.1) is 5.92 Å². The minimum Gasteiger partial charge on any atom is -0.497 e. The van der Waals surface area contributed by atoms with Gasteiger partial charge in [0.15, 0.2) is 0 Å². The van der Waals surface area contributed by atoms with Crippen molar-refractivity contribution in [1.29, 1.82) is 0 Å². The van der Waals surface area contributed by atoms with Crippen LogP contribution in [0.4, 0.5) is 11.4 Å². The normalized spacial score (nSPS) is 19.1. The summed E-state index contributed by atoms with van der Waals surface area (Å²) in [6, 6.07) is 27.2. The van der Waals surface area contributed by atoms with Crippen LogP contribution in [-0.2, 0) is 20.9 Å². The number of nitrogens with zero attached hydrogens (tertiary/aromatic N) is 2. The van der Waals surface area contributed by atoms with Gasteiger partial charge in [-0.2, -0.15) is 0 Å². The summed E-state index contributed by atoms with van der Waals surface area (Å²) in [6.45, 7) is -0.239. The molecule has 220 valence electrons. The molecule has 0 saturated carbocycles. The molecule has 3 atom stereocenters. The second-order valence-electron chi connectivity index (χ2n) is 10.5. The molecule has 0 bridgehead atoms. The van der Waals surface area contributed by atoms with Crippen molar-refractivity contribution >= 4 is 74.6 Å². The van der Waals surface area contributed by atoms with E-state index in [0.29, 0.717) is 32.1 Å². The molecule has 1 saturated heterocycles. The Hall–Kier alpha value is -4.38. The molecule has 4 aromatic carbocycles. The number of carbonyl (C=O) groups is 3. The number of benzene rings is 4. The molecule has 5 aromatic rings. The van der Waals surface area contributed by atoms with Crippen molar-refractivity contribution < 1.29 is 19.1 Å². The van der Waals surface area contributed by atoms with Gasteiger partial charge in [0.05, 0.1) is 23.7 Å². The number of amides is 3. The molecule has 3 heterocycles. The molecule has 44 heavy (non-hydrogen) atoms. The van der Waals surface area contributed by atoms with Crippen LogP contribution in [0.3, 0.4) is 0 Å². The molecule has 3 amide bonds. The van der Waals surface area contributed by atoms with Gasteiger partial charge in [-0.25, -0.2) is 4.90 Å². The quantitative estimate of drug-likeness (QED) is 0.223. The third-order valence-corrected chi connectivity index (χ3v) is 10.8. The summed E-state index contributed by atoms with van der Waals surface area (Å²) < 4.78 is 6.76. The van der Waals surface area contributed by atoms with Gasteiger partial charge >= 0.3 is 4.87 Å². The first-order chi connectivity index (χ1) is 21.3. The molecule has 1 fully saturated rings. The number of ether oxygens (including phenoxy) is 1. The Labute approximate surface area is 265 Å². The molecular weight excluding hydrogens is 618 g/mol. The first-order valence-electron chi connectivity index (χ1n) is 13.8. The van der Waals surface area contributed by atoms with Gasteiger partial charge in [-0.3, -0.25) is 23.7 Å². The smallest absolute Gasteiger partial charge is 0.308 e. The standard InChI is InChI=1S/C33H24ClN3O5S2/c1-42-22-15-9-19(10-16-22)26-27-28(31(40)37(30(27)39)21-13-11-20(34)12-14-21)43-32-29(26)44-33(41)36(32)17-25(38)35-24-8-4-6-18-5-2-3-7-23(18)24/h2-16,26-28H,17H2,1H3,(H,35,38)/t26-,27?,28?/m1/s1. The van der Waals surface area contributed by atoms with Crippen molar-refractivity contribution in [3.05, 3.63) is 116 Å². The van der Waals surface area contributed by atoms with Gasteiger partial charge < -0.3 is 10.1 Å². The fourth-order valence-electron chi connectivity index (χ4n) is 5.94. The van der Waals surface area contributed by atoms with Crippen molar-refractivity contribution in [2.75, 3.05) is 17.3 Å². The van der Waals surface area contributed by atoms with Crippen LogP contribution in [0.15, 0.2) is 101 Å². The summed E-state index contributed by atoms with van der Waals surface area (Å²) in [4.78, 5) is 56.3. The van der Waals surface area contributed by atoms with Crippen molar-refractivity contribution in [3.63, 3.8) is 0 Å². The zero-order chi connectivity index (χ0) is 30.5. The van der Waals surface area contributed by atoms with E-state index in [2.05, 4.69) is 5.32 Å². The molecule has 0 spiro atoms. The highest BCUT2D eigenvalue weighted by Gasteiger charge is 2.56. The zero-order valence-corrected chi connectivity index (χ0v) is 25.6. The number of hydrogen-bond donors (Lipinski definition) is 1. The Bertz CT molecular complexity index is 2000. The highest BCUT2D eigenvalue weighted by atomic mass is 35.5. The maximum Gasteiger partial charge on any atom is 0.308 e. The molecule has 11 heteroatoms. The molecule has 1 aromatic heterocycles. The topological polar surface area (TPSA) is 97.7 Å². The predicted octanol–water partition coefficient (Wildman–Crippen LogP) is 6.16. The lowest BCUT2D eigenvalue weighted by Crippen LogP contribution is -2.33. The molecule has 0 radical (unpaired) electrons. The van der Waals surface area contributed by atoms with Gasteiger partial charge in [0.25, 0.3) is 0 Å². The van der Waals surface area contributed by atoms with E-state index in [4.69, 9.17) is 16.3 Å². The molecule has 2 aliphatic rings. The minimum atomic E-state index is -0.792. The van der Waals surface area contributed by atoms with Crippen molar-refractivity contribution in [3.8, 4) is 5.75 Å². The average molecular weight is 642 g/mol. The molecule has 2 aliphatic heterocycles. The Kier molecular flexibility index (Phi) is 7.28. The molecule has 8 nitrogen and oxygen atoms in total. The van der Waals surface area contributed by atoms with Crippen molar-refractivity contribution in [2.24, 2.45) is 5.92 Å². The number of methoxy groups -OCH3 is 1. The molecular formula is C33H24ClN3O5S2. The van der Waals surface area contributed by atoms with E-state index in [1.165, 1.54) is 21.2 Å². The fourth-order valence-corrected chi connectivity index (χ4v) is 8.84. The van der Waals surface area contributed by atoms with Crippen LogP contribution in [0.1, 0.15) is 16.4 Å². The number of thiazole rings is 1. The molecule has 7 rings (SSSR count). The number of fused-ring (bicyclic) bond motifs is 3. The number of thioether (sulfide) groups is 1. The predicted molar refractivity (Wildman–Crippen MR) is 173 cm³/mol. The SMILES string of the molecule is COc1ccc([C@H]2c3sc(=O)n(CC(=O)Nc4cccc5ccccc45)c3SC3C(=O)N(c4ccc(Cl)cc4)C(=O)C32)cc1. The van der Waals surface area contributed by atoms with E-state index in [9.17, 15) is 19.2 Å². The summed E-state index contributed by atoms with van der Waals surface area (Å²) in [7, 11) is 1.57. The van der Waals surface area contributed by atoms with Crippen LogP contribution in [0.2, 0.25) is 5.02 Å². The zero-order valence-electron chi connectivity index (χ0n) is 23.2. The van der Waals surface area contributed by atoms with Crippen LogP contribution >= 0.6 is 34.7 Å². The van der Waals surface area contributed by atoms with Crippen LogP contribution in [0.25, 0.3) is 10.8 Å². The number of carbonyl (C=O) groups excluding carboxylic acids is 3. The number of halogens is 1. The van der Waals surface area contributed by atoms with Crippen LogP contribution in [0.5, 0.6) is 5.75 Å². The van der Waals surface area contributed by atoms with E-state index in [0.717, 1.165) is 27.7 Å². The number of anilines is 2. The Balaban J connectivity index is 1.28. The summed E-state index contributed by atoms with van der Waals surface area (Å²) in [5.74, 6) is -1.77. The third-order valence-electron chi connectivity index (χ3n) is 7.97. The van der Waals surface area contributed by atoms with E-state index in [-0.39, 0.29) is 29.1 Å². The third kappa shape index (κ3) is 4.79. The van der Waals surface area contributed by atoms with Crippen LogP contribution < -0.4 is 19.8 Å². The van der Waals surface area contributed by atoms with E-state index >= 15 is 0 Å². The maximum atomic E-state index is 14.0. The second-order valence-corrected chi connectivity index (χ2v) is 13.1. The average Bonchev–Trinajstić information content (AvgIpc) is 3.48. The lowest BCUT2D eigenvalue weighted by Gasteiger charge is -2.30. The Morgan fingerprint density at radius 3 is 2.39 bits per heavy atom. The van der Waals surface area contributed by atoms with E-state index < -0.39 is 17.1 Å². The lowest BCUT2D eigenvalue weighted by molar-refractivity contribution is -0.122. The van der Waals surface area contributed by atoms with Gasteiger partial charge in [-0.1, -0.05) is 83.2 Å². The summed E-state index contributed by atoms with van der Waals surface area (Å²) >= 11 is 8.26. The number of imide groups is 1. The number of aromatic nitrogens is 1. The summed E-state index contributed by atoms with van der Waals surface area (Å²) in [5, 5.41) is 5.04. The second kappa shape index (κ2) is 11.3. The van der Waals surface area contributed by atoms with Crippen molar-refractivity contribution in [1.82, 2.24) is 4.57 Å². The molecule has 1 N–H and O–H groups in total. The number of hydrogen-bond acceptors (Lipinski definition) is 7. The first kappa shape index (κ1) is 28.4. The first-order valence-corrected chi connectivity index (χ1v) is 15.9. The highest BCUT2D eigenvalue weighted by Crippen LogP contribution is 2.54. The van der Waals surface area contributed by atoms with Gasteiger partial charge in [0.2, 0.25) is 17.7 Å².